The van der Waals surface area contributed by atoms with Gasteiger partial charge in [-0.25, -0.2) is 14.6 Å². The van der Waals surface area contributed by atoms with E-state index in [0.717, 1.165) is 18.5 Å². The van der Waals surface area contributed by atoms with Crippen molar-refractivity contribution in [2.45, 2.75) is 18.9 Å². The van der Waals surface area contributed by atoms with E-state index in [1.54, 1.807) is 23.1 Å². The van der Waals surface area contributed by atoms with Gasteiger partial charge < -0.3 is 30.3 Å². The van der Waals surface area contributed by atoms with Crippen LogP contribution in [0.4, 0.5) is 17.2 Å². The van der Waals surface area contributed by atoms with Crippen molar-refractivity contribution in [2.75, 3.05) is 49.9 Å². The first kappa shape index (κ1) is 26.1. The monoisotopic (exact) mass is 554 g/mol. The van der Waals surface area contributed by atoms with Crippen molar-refractivity contribution in [2.24, 2.45) is 0 Å². The lowest BCUT2D eigenvalue weighted by Gasteiger charge is -2.32. The van der Waals surface area contributed by atoms with E-state index < -0.39 is 0 Å². The molecule has 12 heteroatoms. The average Bonchev–Trinajstić information content (AvgIpc) is 3.64. The fourth-order valence-corrected chi connectivity index (χ4v) is 5.31. The maximum absolute atomic E-state index is 13.0. The largest absolute Gasteiger partial charge is 0.453 e. The molecule has 4 heterocycles. The van der Waals surface area contributed by atoms with Crippen LogP contribution in [0.15, 0.2) is 55.4 Å². The van der Waals surface area contributed by atoms with Crippen LogP contribution in [0.3, 0.4) is 0 Å². The number of anilines is 3. The fourth-order valence-electron chi connectivity index (χ4n) is 5.31. The number of rotatable bonds is 6. The zero-order valence-corrected chi connectivity index (χ0v) is 22.8. The number of fused-ring (bicyclic) bond motifs is 2. The van der Waals surface area contributed by atoms with Gasteiger partial charge in [-0.3, -0.25) is 9.59 Å². The maximum atomic E-state index is 13.0. The molecular formula is C29H30N8O4. The Morgan fingerprint density at radius 1 is 1.12 bits per heavy atom. The van der Waals surface area contributed by atoms with Gasteiger partial charge in [-0.15, -0.1) is 0 Å². The molecule has 3 N–H and O–H groups in total. The molecule has 2 aromatic heterocycles. The number of carbonyl (C=O) groups is 2. The molecule has 2 aliphatic rings. The van der Waals surface area contributed by atoms with Crippen LogP contribution >= 0.6 is 0 Å². The number of benzene rings is 2. The van der Waals surface area contributed by atoms with Gasteiger partial charge in [0.2, 0.25) is 12.7 Å². The molecule has 4 aromatic rings. The molecule has 41 heavy (non-hydrogen) atoms. The predicted octanol–water partition coefficient (Wildman–Crippen LogP) is 3.47. The van der Waals surface area contributed by atoms with E-state index in [1.165, 1.54) is 12.4 Å². The molecule has 2 aliphatic heterocycles. The molecule has 0 aliphatic carbocycles. The first-order chi connectivity index (χ1) is 19.9. The van der Waals surface area contributed by atoms with E-state index in [-0.39, 0.29) is 30.5 Å². The first-order valence-corrected chi connectivity index (χ1v) is 13.3. The number of piperidine rings is 1. The number of hydrogen-bond acceptors (Lipinski definition) is 9. The molecule has 0 bridgehead atoms. The van der Waals surface area contributed by atoms with Crippen LogP contribution in [0.25, 0.3) is 22.3 Å². The molecule has 2 amide bonds. The number of ether oxygens (including phenoxy) is 2. The summed E-state index contributed by atoms with van der Waals surface area (Å²) in [6.07, 6.45) is 4.37. The van der Waals surface area contributed by atoms with Crippen molar-refractivity contribution in [1.82, 2.24) is 24.6 Å². The first-order valence-electron chi connectivity index (χ1n) is 13.3. The predicted molar refractivity (Wildman–Crippen MR) is 155 cm³/mol. The van der Waals surface area contributed by atoms with Gasteiger partial charge in [0.25, 0.3) is 5.91 Å². The Hall–Kier alpha value is -5.13. The Labute approximate surface area is 236 Å². The van der Waals surface area contributed by atoms with Crippen molar-refractivity contribution in [3.63, 3.8) is 0 Å². The number of nitrogen functional groups attached to an aromatic ring is 1. The second-order valence-corrected chi connectivity index (χ2v) is 10.2. The van der Waals surface area contributed by atoms with E-state index in [9.17, 15) is 9.59 Å². The second-order valence-electron chi connectivity index (χ2n) is 10.2. The van der Waals surface area contributed by atoms with Crippen LogP contribution in [0.5, 0.6) is 11.5 Å². The molecule has 1 saturated heterocycles. The fraction of sp³-hybridized carbons (Fsp3) is 0.276. The third-order valence-corrected chi connectivity index (χ3v) is 7.41. The summed E-state index contributed by atoms with van der Waals surface area (Å²) in [5.41, 5.74) is 10.1. The highest BCUT2D eigenvalue weighted by molar-refractivity contribution is 6.06. The van der Waals surface area contributed by atoms with Crippen LogP contribution in [-0.4, -0.2) is 70.4 Å². The van der Waals surface area contributed by atoms with E-state index in [2.05, 4.69) is 21.9 Å². The van der Waals surface area contributed by atoms with Gasteiger partial charge in [-0.2, -0.15) is 5.10 Å². The SMILES string of the molecule is C=CC(=O)N1CCC[C@H](n2nc(-c3ccc(NC(=O)c4ccc(N(C)C)cc4)c4c3OCO4)c3c(N)ncnc32)C1. The van der Waals surface area contributed by atoms with Gasteiger partial charge in [0, 0.05) is 44.0 Å². The molecule has 0 unspecified atom stereocenters. The summed E-state index contributed by atoms with van der Waals surface area (Å²) in [4.78, 5) is 37.8. The quantitative estimate of drug-likeness (QED) is 0.343. The lowest BCUT2D eigenvalue weighted by Crippen LogP contribution is -2.40. The number of carbonyl (C=O) groups excluding carboxylic acids is 2. The third-order valence-electron chi connectivity index (χ3n) is 7.41. The number of amides is 2. The third kappa shape index (κ3) is 4.66. The minimum atomic E-state index is -0.274. The van der Waals surface area contributed by atoms with Crippen molar-refractivity contribution >= 4 is 40.0 Å². The summed E-state index contributed by atoms with van der Waals surface area (Å²) < 4.78 is 13.5. The molecular weight excluding hydrogens is 524 g/mol. The lowest BCUT2D eigenvalue weighted by molar-refractivity contribution is -0.127. The van der Waals surface area contributed by atoms with Crippen LogP contribution in [0.2, 0.25) is 0 Å². The van der Waals surface area contributed by atoms with Crippen molar-refractivity contribution < 1.29 is 19.1 Å². The Morgan fingerprint density at radius 3 is 2.66 bits per heavy atom. The van der Waals surface area contributed by atoms with Crippen LogP contribution < -0.4 is 25.4 Å². The number of aromatic nitrogens is 4. The number of likely N-dealkylation sites (tertiary alicyclic amines) is 1. The Morgan fingerprint density at radius 2 is 1.90 bits per heavy atom. The summed E-state index contributed by atoms with van der Waals surface area (Å²) in [5, 5.41) is 8.46. The molecule has 0 spiro atoms. The molecule has 1 fully saturated rings. The zero-order chi connectivity index (χ0) is 28.7. The molecule has 0 saturated carbocycles. The van der Waals surface area contributed by atoms with Crippen LogP contribution in [-0.2, 0) is 4.79 Å². The summed E-state index contributed by atoms with van der Waals surface area (Å²) in [7, 11) is 3.88. The number of hydrogen-bond donors (Lipinski definition) is 2. The standard InChI is InChI=1S/C29H30N8O4/c1-4-22(38)36-13-5-6-19(14-36)37-28-23(27(30)31-15-32-28)24(34-37)20-11-12-21(26-25(20)40-16-41-26)33-29(39)17-7-9-18(10-8-17)35(2)3/h4,7-12,15,19H,1,5-6,13-14,16H2,2-3H3,(H,33,39)(H2,30,31,32)/t19-/m0/s1. The van der Waals surface area contributed by atoms with Crippen LogP contribution in [0, 0.1) is 0 Å². The average molecular weight is 555 g/mol. The summed E-state index contributed by atoms with van der Waals surface area (Å²) in [5.74, 6) is 0.725. The van der Waals surface area contributed by atoms with E-state index in [1.807, 2.05) is 41.9 Å². The smallest absolute Gasteiger partial charge is 0.255 e. The van der Waals surface area contributed by atoms with Gasteiger partial charge in [0.15, 0.2) is 17.1 Å². The maximum Gasteiger partial charge on any atom is 0.255 e. The molecule has 6 rings (SSSR count). The minimum Gasteiger partial charge on any atom is -0.453 e. The van der Waals surface area contributed by atoms with Gasteiger partial charge in [0.1, 0.15) is 17.8 Å². The highest BCUT2D eigenvalue weighted by Gasteiger charge is 2.31. The number of nitrogens with one attached hydrogen (secondary N) is 1. The van der Waals surface area contributed by atoms with E-state index >= 15 is 0 Å². The van der Waals surface area contributed by atoms with Gasteiger partial charge in [0.05, 0.1) is 17.1 Å². The Balaban J connectivity index is 1.37. The van der Waals surface area contributed by atoms with E-state index in [4.69, 9.17) is 20.3 Å². The van der Waals surface area contributed by atoms with Crippen molar-refractivity contribution in [3.05, 3.63) is 60.9 Å². The van der Waals surface area contributed by atoms with Gasteiger partial charge in [-0.1, -0.05) is 6.58 Å². The zero-order valence-electron chi connectivity index (χ0n) is 22.8. The number of nitrogens with zero attached hydrogens (tertiary/aromatic N) is 6. The highest BCUT2D eigenvalue weighted by Crippen LogP contribution is 2.48. The molecule has 12 nitrogen and oxygen atoms in total. The van der Waals surface area contributed by atoms with Gasteiger partial charge in [-0.05, 0) is 55.3 Å². The molecule has 1 atom stereocenters. The topological polar surface area (TPSA) is 141 Å². The normalized spacial score (nSPS) is 16.0. The highest BCUT2D eigenvalue weighted by atomic mass is 16.7. The molecule has 2 aromatic carbocycles. The molecule has 210 valence electrons. The van der Waals surface area contributed by atoms with Crippen LogP contribution in [0.1, 0.15) is 29.2 Å². The lowest BCUT2D eigenvalue weighted by atomic mass is 10.1. The van der Waals surface area contributed by atoms with Crippen molar-refractivity contribution in [3.8, 4) is 22.8 Å². The summed E-state index contributed by atoms with van der Waals surface area (Å²) in [6.45, 7) is 4.74. The number of nitrogens with two attached hydrogens (primary N) is 1. The van der Waals surface area contributed by atoms with Gasteiger partial charge >= 0.3 is 0 Å². The Kier molecular flexibility index (Phi) is 6.66. The Bertz CT molecular complexity index is 1660. The van der Waals surface area contributed by atoms with Crippen molar-refractivity contribution in [1.29, 1.82) is 0 Å². The minimum absolute atomic E-state index is 0.0153. The second kappa shape index (κ2) is 10.5. The molecule has 0 radical (unpaired) electrons. The summed E-state index contributed by atoms with van der Waals surface area (Å²) in [6, 6.07) is 10.8. The summed E-state index contributed by atoms with van der Waals surface area (Å²) >= 11 is 0. The van der Waals surface area contributed by atoms with E-state index in [0.29, 0.717) is 58.1 Å².